The maximum atomic E-state index is 13.0. The van der Waals surface area contributed by atoms with E-state index in [0.29, 0.717) is 28.2 Å². The molecular formula is C20H19FN2O2S. The molecule has 2 aromatic carbocycles. The Morgan fingerprint density at radius 2 is 1.81 bits per heavy atom. The minimum atomic E-state index is -0.326. The maximum absolute atomic E-state index is 13.0. The van der Waals surface area contributed by atoms with E-state index in [1.807, 2.05) is 24.3 Å². The third kappa shape index (κ3) is 4.38. The van der Waals surface area contributed by atoms with Gasteiger partial charge in [0.2, 0.25) is 5.89 Å². The summed E-state index contributed by atoms with van der Waals surface area (Å²) in [6.07, 6.45) is 1.07. The van der Waals surface area contributed by atoms with Crippen molar-refractivity contribution in [3.05, 3.63) is 65.5 Å². The molecule has 0 radical (unpaired) electrons. The average Bonchev–Trinajstić information content (AvgIpc) is 3.15. The lowest BCUT2D eigenvalue weighted by atomic mass is 9.97. The topological polar surface area (TPSA) is 56.0 Å². The number of benzene rings is 2. The first-order chi connectivity index (χ1) is 12.6. The standard InChI is InChI=1S/C20H19FN2O2S/c1-3-13(2)14-4-6-15(7-5-14)18(24)12-26-20-23-22-19(25-20)16-8-10-17(21)11-9-16/h4-11,13H,3,12H2,1-2H3/t13-/m0/s1. The summed E-state index contributed by atoms with van der Waals surface area (Å²) in [4.78, 5) is 12.3. The van der Waals surface area contributed by atoms with Crippen molar-refractivity contribution < 1.29 is 13.6 Å². The van der Waals surface area contributed by atoms with Crippen molar-refractivity contribution in [2.75, 3.05) is 5.75 Å². The lowest BCUT2D eigenvalue weighted by molar-refractivity contribution is 0.102. The molecule has 3 aromatic rings. The molecule has 1 atom stereocenters. The second-order valence-corrected chi connectivity index (χ2v) is 6.95. The molecule has 0 aliphatic carbocycles. The van der Waals surface area contributed by atoms with Gasteiger partial charge in [0.05, 0.1) is 5.75 Å². The Morgan fingerprint density at radius 1 is 1.12 bits per heavy atom. The monoisotopic (exact) mass is 370 g/mol. The van der Waals surface area contributed by atoms with E-state index in [1.54, 1.807) is 12.1 Å². The highest BCUT2D eigenvalue weighted by Crippen LogP contribution is 2.24. The molecule has 0 aliphatic rings. The van der Waals surface area contributed by atoms with Crippen LogP contribution in [-0.2, 0) is 0 Å². The van der Waals surface area contributed by atoms with Crippen LogP contribution in [0.1, 0.15) is 42.1 Å². The third-order valence-corrected chi connectivity index (χ3v) is 5.06. The van der Waals surface area contributed by atoms with Gasteiger partial charge in [0.25, 0.3) is 5.22 Å². The quantitative estimate of drug-likeness (QED) is 0.414. The fourth-order valence-corrected chi connectivity index (χ4v) is 3.08. The Hall–Kier alpha value is -2.47. The minimum absolute atomic E-state index is 0.00670. The van der Waals surface area contributed by atoms with E-state index in [9.17, 15) is 9.18 Å². The van der Waals surface area contributed by atoms with E-state index in [-0.39, 0.29) is 17.4 Å². The van der Waals surface area contributed by atoms with Crippen LogP contribution in [0.3, 0.4) is 0 Å². The van der Waals surface area contributed by atoms with Crippen molar-refractivity contribution in [1.29, 1.82) is 0 Å². The molecule has 0 saturated heterocycles. The second kappa shape index (κ2) is 8.27. The van der Waals surface area contributed by atoms with Crippen LogP contribution in [0.2, 0.25) is 0 Å². The number of ketones is 1. The fraction of sp³-hybridized carbons (Fsp3) is 0.250. The van der Waals surface area contributed by atoms with E-state index < -0.39 is 0 Å². The normalized spacial score (nSPS) is 12.1. The highest BCUT2D eigenvalue weighted by Gasteiger charge is 2.13. The molecule has 1 heterocycles. The van der Waals surface area contributed by atoms with Gasteiger partial charge in [-0.25, -0.2) is 4.39 Å². The smallest absolute Gasteiger partial charge is 0.277 e. The largest absolute Gasteiger partial charge is 0.411 e. The second-order valence-electron chi connectivity index (χ2n) is 6.02. The van der Waals surface area contributed by atoms with E-state index >= 15 is 0 Å². The molecule has 0 N–H and O–H groups in total. The Bertz CT molecular complexity index is 876. The van der Waals surface area contributed by atoms with Crippen molar-refractivity contribution in [2.45, 2.75) is 31.4 Å². The summed E-state index contributed by atoms with van der Waals surface area (Å²) in [6.45, 7) is 4.31. The number of aromatic nitrogens is 2. The molecule has 0 spiro atoms. The number of carbonyl (C=O) groups excluding carboxylic acids is 1. The van der Waals surface area contributed by atoms with Crippen LogP contribution in [0, 0.1) is 5.82 Å². The van der Waals surface area contributed by atoms with E-state index in [4.69, 9.17) is 4.42 Å². The zero-order valence-electron chi connectivity index (χ0n) is 14.6. The number of hydrogen-bond acceptors (Lipinski definition) is 5. The Kier molecular flexibility index (Phi) is 5.83. The average molecular weight is 370 g/mol. The van der Waals surface area contributed by atoms with Gasteiger partial charge in [-0.3, -0.25) is 4.79 Å². The molecule has 0 aliphatic heterocycles. The molecule has 0 unspecified atom stereocenters. The molecule has 134 valence electrons. The molecule has 26 heavy (non-hydrogen) atoms. The van der Waals surface area contributed by atoms with Gasteiger partial charge < -0.3 is 4.42 Å². The molecule has 6 heteroatoms. The lowest BCUT2D eigenvalue weighted by Gasteiger charge is -2.09. The van der Waals surface area contributed by atoms with Crippen LogP contribution in [0.4, 0.5) is 4.39 Å². The number of nitrogens with zero attached hydrogens (tertiary/aromatic N) is 2. The first-order valence-corrected chi connectivity index (χ1v) is 9.40. The molecular weight excluding hydrogens is 351 g/mol. The molecule has 0 bridgehead atoms. The van der Waals surface area contributed by atoms with Crippen molar-refractivity contribution >= 4 is 17.5 Å². The highest BCUT2D eigenvalue weighted by molar-refractivity contribution is 7.99. The first-order valence-electron chi connectivity index (χ1n) is 8.42. The van der Waals surface area contributed by atoms with Gasteiger partial charge in [0.1, 0.15) is 5.82 Å². The first kappa shape index (κ1) is 18.3. The van der Waals surface area contributed by atoms with E-state index in [2.05, 4.69) is 24.0 Å². The van der Waals surface area contributed by atoms with Crippen LogP contribution in [0.25, 0.3) is 11.5 Å². The zero-order valence-corrected chi connectivity index (χ0v) is 15.4. The van der Waals surface area contributed by atoms with Gasteiger partial charge in [0, 0.05) is 11.1 Å². The summed E-state index contributed by atoms with van der Waals surface area (Å²) in [7, 11) is 0. The Morgan fingerprint density at radius 3 is 2.46 bits per heavy atom. The molecule has 3 rings (SSSR count). The number of thioether (sulfide) groups is 1. The number of Topliss-reactive ketones (excluding diaryl/α,β-unsaturated/α-hetero) is 1. The minimum Gasteiger partial charge on any atom is -0.411 e. The summed E-state index contributed by atoms with van der Waals surface area (Å²) < 4.78 is 18.5. The zero-order chi connectivity index (χ0) is 18.5. The SMILES string of the molecule is CC[C@H](C)c1ccc(C(=O)CSc2nnc(-c3ccc(F)cc3)o2)cc1. The summed E-state index contributed by atoms with van der Waals surface area (Å²) in [5.74, 6) is 0.683. The van der Waals surface area contributed by atoms with Gasteiger partial charge in [-0.2, -0.15) is 0 Å². The molecule has 1 aromatic heterocycles. The summed E-state index contributed by atoms with van der Waals surface area (Å²) in [5.41, 5.74) is 2.54. The highest BCUT2D eigenvalue weighted by atomic mass is 32.2. The van der Waals surface area contributed by atoms with Crippen LogP contribution in [0.15, 0.2) is 58.2 Å². The summed E-state index contributed by atoms with van der Waals surface area (Å²) in [5, 5.41) is 8.18. The maximum Gasteiger partial charge on any atom is 0.277 e. The van der Waals surface area contributed by atoms with Gasteiger partial charge >= 0.3 is 0 Å². The number of carbonyl (C=O) groups is 1. The van der Waals surface area contributed by atoms with Gasteiger partial charge in [0.15, 0.2) is 5.78 Å². The van der Waals surface area contributed by atoms with Crippen molar-refractivity contribution in [2.24, 2.45) is 0 Å². The summed E-state index contributed by atoms with van der Waals surface area (Å²) >= 11 is 1.19. The van der Waals surface area contributed by atoms with Gasteiger partial charge in [-0.15, -0.1) is 10.2 Å². The Labute approximate surface area is 155 Å². The lowest BCUT2D eigenvalue weighted by Crippen LogP contribution is -2.03. The number of rotatable bonds is 7. The fourth-order valence-electron chi connectivity index (χ4n) is 2.42. The molecule has 4 nitrogen and oxygen atoms in total. The van der Waals surface area contributed by atoms with Crippen LogP contribution in [0.5, 0.6) is 0 Å². The predicted molar refractivity (Wildman–Crippen MR) is 99.9 cm³/mol. The Balaban J connectivity index is 1.60. The molecule has 0 amide bonds. The number of halogens is 1. The van der Waals surface area contributed by atoms with Gasteiger partial charge in [-0.05, 0) is 42.2 Å². The molecule has 0 fully saturated rings. The van der Waals surface area contributed by atoms with E-state index in [1.165, 1.54) is 29.5 Å². The van der Waals surface area contributed by atoms with Crippen LogP contribution >= 0.6 is 11.8 Å². The third-order valence-electron chi connectivity index (χ3n) is 4.24. The van der Waals surface area contributed by atoms with E-state index in [0.717, 1.165) is 6.42 Å². The molecule has 0 saturated carbocycles. The summed E-state index contributed by atoms with van der Waals surface area (Å²) in [6, 6.07) is 13.5. The number of hydrogen-bond donors (Lipinski definition) is 0. The van der Waals surface area contributed by atoms with Crippen molar-refractivity contribution in [3.63, 3.8) is 0 Å². The van der Waals surface area contributed by atoms with Crippen LogP contribution in [-0.4, -0.2) is 21.7 Å². The predicted octanol–water partition coefficient (Wildman–Crippen LogP) is 5.36. The van der Waals surface area contributed by atoms with Crippen molar-refractivity contribution in [3.8, 4) is 11.5 Å². The van der Waals surface area contributed by atoms with Gasteiger partial charge in [-0.1, -0.05) is 49.9 Å². The van der Waals surface area contributed by atoms with Crippen LogP contribution < -0.4 is 0 Å². The van der Waals surface area contributed by atoms with Crippen molar-refractivity contribution in [1.82, 2.24) is 10.2 Å².